The smallest absolute Gasteiger partial charge is 0.323 e. The number of carbonyl (C=O) groups is 2. The summed E-state index contributed by atoms with van der Waals surface area (Å²) in [6.07, 6.45) is 0. The van der Waals surface area contributed by atoms with E-state index in [2.05, 4.69) is 10.6 Å². The van der Waals surface area contributed by atoms with Gasteiger partial charge in [0.1, 0.15) is 12.1 Å². The summed E-state index contributed by atoms with van der Waals surface area (Å²) in [5, 5.41) is 41.1. The molecule has 136 valence electrons. The maximum Gasteiger partial charge on any atom is 0.323 e. The Morgan fingerprint density at radius 1 is 0.870 bits per heavy atom. The van der Waals surface area contributed by atoms with Gasteiger partial charge in [-0.15, -0.1) is 0 Å². The quantitative estimate of drug-likeness (QED) is 0.254. The Hall–Kier alpha value is -1.26. The number of ether oxygens (including phenoxy) is 1. The van der Waals surface area contributed by atoms with E-state index in [0.29, 0.717) is 0 Å². The molecule has 0 amide bonds. The van der Waals surface area contributed by atoms with E-state index < -0.39 is 48.4 Å². The third-order valence-electron chi connectivity index (χ3n) is 3.06. The summed E-state index contributed by atoms with van der Waals surface area (Å²) in [5.74, 6) is -2.31. The lowest BCUT2D eigenvalue weighted by Crippen LogP contribution is -2.53. The molecule has 0 bridgehead atoms. The molecule has 23 heavy (non-hydrogen) atoms. The highest BCUT2D eigenvalue weighted by molar-refractivity contribution is 5.73. The van der Waals surface area contributed by atoms with Gasteiger partial charge in [0.15, 0.2) is 0 Å². The molecule has 0 aliphatic rings. The largest absolute Gasteiger partial charge is 0.480 e. The summed E-state index contributed by atoms with van der Waals surface area (Å²) in [7, 11) is 0. The molecule has 0 unspecified atom stereocenters. The minimum Gasteiger partial charge on any atom is -0.480 e. The van der Waals surface area contributed by atoms with E-state index >= 15 is 0 Å². The van der Waals surface area contributed by atoms with E-state index in [-0.39, 0.29) is 13.1 Å². The Morgan fingerprint density at radius 2 is 1.17 bits per heavy atom. The fourth-order valence-corrected chi connectivity index (χ4v) is 2.02. The molecule has 2 atom stereocenters. The number of hydrogen-bond acceptors (Lipinski definition) is 7. The summed E-state index contributed by atoms with van der Waals surface area (Å²) >= 11 is 0. The zero-order chi connectivity index (χ0) is 18.3. The molecule has 6 N–H and O–H groups in total. The molecule has 0 aliphatic carbocycles. The highest BCUT2D eigenvalue weighted by atomic mass is 16.5. The van der Waals surface area contributed by atoms with Gasteiger partial charge in [0.05, 0.1) is 24.4 Å². The van der Waals surface area contributed by atoms with Gasteiger partial charge in [-0.2, -0.15) is 0 Å². The molecule has 0 fully saturated rings. The third-order valence-corrected chi connectivity index (χ3v) is 3.06. The molecule has 9 nitrogen and oxygen atoms in total. The third kappa shape index (κ3) is 8.82. The van der Waals surface area contributed by atoms with Crippen LogP contribution in [0.3, 0.4) is 0 Å². The number of aliphatic hydroxyl groups excluding tert-OH is 2. The molecular formula is C14H28N2O7. The zero-order valence-corrected chi connectivity index (χ0v) is 14.0. The van der Waals surface area contributed by atoms with Crippen LogP contribution in [0.25, 0.3) is 0 Å². The molecule has 0 radical (unpaired) electrons. The van der Waals surface area contributed by atoms with E-state index in [1.165, 1.54) is 0 Å². The lowest BCUT2D eigenvalue weighted by Gasteiger charge is -2.37. The van der Waals surface area contributed by atoms with Crippen LogP contribution in [-0.4, -0.2) is 82.0 Å². The number of carboxylic acid groups (broad SMARTS) is 2. The molecule has 0 aromatic rings. The van der Waals surface area contributed by atoms with Crippen molar-refractivity contribution in [1.82, 2.24) is 10.6 Å². The highest BCUT2D eigenvalue weighted by Gasteiger charge is 2.31. The monoisotopic (exact) mass is 336 g/mol. The first-order chi connectivity index (χ1) is 10.4. The van der Waals surface area contributed by atoms with Gasteiger partial charge in [0, 0.05) is 13.1 Å². The van der Waals surface area contributed by atoms with Gasteiger partial charge >= 0.3 is 11.9 Å². The van der Waals surface area contributed by atoms with Crippen molar-refractivity contribution < 1.29 is 34.8 Å². The first kappa shape index (κ1) is 21.7. The topological polar surface area (TPSA) is 148 Å². The lowest BCUT2D eigenvalue weighted by molar-refractivity contribution is -0.143. The van der Waals surface area contributed by atoms with Crippen LogP contribution in [0.4, 0.5) is 0 Å². The predicted octanol–water partition coefficient (Wildman–Crippen LogP) is -1.37. The summed E-state index contributed by atoms with van der Waals surface area (Å²) in [4.78, 5) is 21.7. The highest BCUT2D eigenvalue weighted by Crippen LogP contribution is 2.19. The van der Waals surface area contributed by atoms with Gasteiger partial charge in [-0.25, -0.2) is 0 Å². The number of hydrogen-bond donors (Lipinski definition) is 6. The van der Waals surface area contributed by atoms with Crippen LogP contribution < -0.4 is 10.6 Å². The Morgan fingerprint density at radius 3 is 1.39 bits per heavy atom. The van der Waals surface area contributed by atoms with Gasteiger partial charge < -0.3 is 25.2 Å². The van der Waals surface area contributed by atoms with Crippen molar-refractivity contribution in [2.75, 3.05) is 26.3 Å². The Labute approximate surface area is 135 Å². The average Bonchev–Trinajstić information content (AvgIpc) is 2.37. The van der Waals surface area contributed by atoms with Crippen LogP contribution in [0.1, 0.15) is 27.7 Å². The average molecular weight is 336 g/mol. The first-order valence-electron chi connectivity index (χ1n) is 7.28. The molecule has 0 saturated carbocycles. The fraction of sp³-hybridized carbons (Fsp3) is 0.857. The maximum atomic E-state index is 10.9. The van der Waals surface area contributed by atoms with Crippen molar-refractivity contribution >= 4 is 11.9 Å². The van der Waals surface area contributed by atoms with Crippen molar-refractivity contribution in [2.24, 2.45) is 0 Å². The van der Waals surface area contributed by atoms with Crippen LogP contribution in [0, 0.1) is 0 Å². The molecule has 0 aromatic heterocycles. The summed E-state index contributed by atoms with van der Waals surface area (Å²) in [6, 6.07) is -2.16. The predicted molar refractivity (Wildman–Crippen MR) is 82.3 cm³/mol. The zero-order valence-electron chi connectivity index (χ0n) is 14.0. The number of carboxylic acids is 2. The normalized spacial score (nSPS) is 15.2. The van der Waals surface area contributed by atoms with Crippen molar-refractivity contribution in [3.05, 3.63) is 0 Å². The van der Waals surface area contributed by atoms with E-state index in [9.17, 15) is 9.59 Å². The number of aliphatic carboxylic acids is 2. The minimum atomic E-state index is -1.16. The van der Waals surface area contributed by atoms with Crippen LogP contribution in [0.2, 0.25) is 0 Å². The molecule has 0 heterocycles. The molecule has 0 spiro atoms. The van der Waals surface area contributed by atoms with E-state index in [0.717, 1.165) is 0 Å². The Balaban J connectivity index is 4.54. The van der Waals surface area contributed by atoms with Crippen molar-refractivity contribution in [3.8, 4) is 0 Å². The van der Waals surface area contributed by atoms with E-state index in [1.807, 2.05) is 0 Å². The summed E-state index contributed by atoms with van der Waals surface area (Å²) < 4.78 is 5.90. The first-order valence-corrected chi connectivity index (χ1v) is 7.28. The van der Waals surface area contributed by atoms with Gasteiger partial charge in [-0.05, 0) is 27.7 Å². The second-order valence-electron chi connectivity index (χ2n) is 6.53. The number of rotatable bonds is 12. The SMILES string of the molecule is CC(C)(CN[C@H](CO)C(=O)O)OC(C)(C)CN[C@H](CO)C(=O)O. The maximum absolute atomic E-state index is 10.9. The standard InChI is InChI=1S/C14H28N2O7/c1-13(2,7-15-9(5-17)11(19)20)23-14(3,4)8-16-10(6-18)12(21)22/h9-10,15-18H,5-8H2,1-4H3,(H,19,20)(H,21,22)/t9-,10-/m1/s1. The molecule has 9 heteroatoms. The second-order valence-corrected chi connectivity index (χ2v) is 6.53. The molecule has 0 aliphatic heterocycles. The molecular weight excluding hydrogens is 308 g/mol. The van der Waals surface area contributed by atoms with Crippen LogP contribution in [0.5, 0.6) is 0 Å². The summed E-state index contributed by atoms with van der Waals surface area (Å²) in [5.41, 5.74) is -1.52. The van der Waals surface area contributed by atoms with Gasteiger partial charge in [0.25, 0.3) is 0 Å². The Bertz CT molecular complexity index is 363. The minimum absolute atomic E-state index is 0.177. The van der Waals surface area contributed by atoms with Gasteiger partial charge in [-0.1, -0.05) is 0 Å². The Kier molecular flexibility index (Phi) is 8.64. The van der Waals surface area contributed by atoms with Gasteiger partial charge in [-0.3, -0.25) is 20.2 Å². The second kappa shape index (κ2) is 9.14. The molecule has 0 rings (SSSR count). The van der Waals surface area contributed by atoms with Crippen LogP contribution >= 0.6 is 0 Å². The van der Waals surface area contributed by atoms with Crippen molar-refractivity contribution in [1.29, 1.82) is 0 Å². The fourth-order valence-electron chi connectivity index (χ4n) is 2.02. The number of nitrogens with one attached hydrogen (secondary N) is 2. The van der Waals surface area contributed by atoms with Crippen LogP contribution in [0.15, 0.2) is 0 Å². The van der Waals surface area contributed by atoms with Crippen molar-refractivity contribution in [3.63, 3.8) is 0 Å². The molecule has 0 aromatic carbocycles. The van der Waals surface area contributed by atoms with Crippen molar-refractivity contribution in [2.45, 2.75) is 51.0 Å². The van der Waals surface area contributed by atoms with Gasteiger partial charge in [0.2, 0.25) is 0 Å². The molecule has 0 saturated heterocycles. The van der Waals surface area contributed by atoms with Crippen LogP contribution in [-0.2, 0) is 14.3 Å². The number of aliphatic hydroxyl groups is 2. The summed E-state index contributed by atoms with van der Waals surface area (Å²) in [6.45, 7) is 6.28. The van der Waals surface area contributed by atoms with E-state index in [4.69, 9.17) is 25.2 Å². The lowest BCUT2D eigenvalue weighted by atomic mass is 10.0. The van der Waals surface area contributed by atoms with E-state index in [1.54, 1.807) is 27.7 Å².